The van der Waals surface area contributed by atoms with E-state index in [1.54, 1.807) is 0 Å². The summed E-state index contributed by atoms with van der Waals surface area (Å²) in [6.45, 7) is 17.2. The predicted octanol–water partition coefficient (Wildman–Crippen LogP) is 3.30. The van der Waals surface area contributed by atoms with Gasteiger partial charge in [0.05, 0.1) is 18.8 Å². The molecule has 1 spiro atoms. The number of ether oxygens (including phenoxy) is 3. The van der Waals surface area contributed by atoms with Crippen LogP contribution in [0.15, 0.2) is 12.1 Å². The second-order valence-electron chi connectivity index (χ2n) is 13.7. The summed E-state index contributed by atoms with van der Waals surface area (Å²) in [5, 5.41) is 17.7. The smallest absolute Gasteiger partial charge is 0.316 e. The normalized spacial score (nSPS) is 27.4. The van der Waals surface area contributed by atoms with Gasteiger partial charge in [-0.15, -0.1) is 0 Å². The summed E-state index contributed by atoms with van der Waals surface area (Å²) in [7, 11) is 0. The Morgan fingerprint density at radius 2 is 1.67 bits per heavy atom. The van der Waals surface area contributed by atoms with E-state index in [4.69, 9.17) is 14.2 Å². The lowest BCUT2D eigenvalue weighted by molar-refractivity contribution is -0.161. The molecule has 1 saturated carbocycles. The number of benzene rings is 1. The molecule has 3 fully saturated rings. The van der Waals surface area contributed by atoms with Crippen LogP contribution in [0.25, 0.3) is 0 Å². The van der Waals surface area contributed by atoms with Crippen molar-refractivity contribution in [1.29, 1.82) is 0 Å². The van der Waals surface area contributed by atoms with E-state index in [-0.39, 0.29) is 36.2 Å². The van der Waals surface area contributed by atoms with Gasteiger partial charge in [0.1, 0.15) is 24.2 Å². The zero-order valence-corrected chi connectivity index (χ0v) is 26.6. The van der Waals surface area contributed by atoms with Crippen LogP contribution in [0.3, 0.4) is 0 Å². The highest BCUT2D eigenvalue weighted by Crippen LogP contribution is 2.48. The van der Waals surface area contributed by atoms with Crippen molar-refractivity contribution < 1.29 is 28.9 Å². The number of nitrogens with zero attached hydrogens (tertiary/aromatic N) is 1. The lowest BCUT2D eigenvalue weighted by Gasteiger charge is -2.40. The Morgan fingerprint density at radius 1 is 1.05 bits per heavy atom. The van der Waals surface area contributed by atoms with Crippen LogP contribution in [0.1, 0.15) is 87.5 Å². The molecule has 1 aromatic carbocycles. The monoisotopic (exact) mass is 587 g/mol. The number of amides is 1. The van der Waals surface area contributed by atoms with Crippen LogP contribution >= 0.6 is 0 Å². The van der Waals surface area contributed by atoms with Crippen LogP contribution in [0.2, 0.25) is 0 Å². The first-order valence-electron chi connectivity index (χ1n) is 15.8. The fraction of sp³-hybridized carbons (Fsp3) is 0.758. The fourth-order valence-corrected chi connectivity index (χ4v) is 7.00. The number of aryl methyl sites for hydroxylation is 3. The van der Waals surface area contributed by atoms with Gasteiger partial charge in [-0.2, -0.15) is 0 Å². The first kappa shape index (κ1) is 32.9. The van der Waals surface area contributed by atoms with Crippen molar-refractivity contribution >= 4 is 11.9 Å². The second kappa shape index (κ2) is 14.2. The van der Waals surface area contributed by atoms with Crippen molar-refractivity contribution in [2.45, 2.75) is 115 Å². The number of hydrogen-bond donors (Lipinski definition) is 3. The molecule has 236 valence electrons. The number of aliphatic hydroxyl groups excluding tert-OH is 1. The molecule has 9 nitrogen and oxygen atoms in total. The fourth-order valence-electron chi connectivity index (χ4n) is 7.00. The number of aliphatic hydroxyl groups is 1. The Labute approximate surface area is 252 Å². The van der Waals surface area contributed by atoms with Crippen LogP contribution in [0.4, 0.5) is 0 Å². The summed E-state index contributed by atoms with van der Waals surface area (Å²) < 4.78 is 17.9. The molecule has 0 bridgehead atoms. The van der Waals surface area contributed by atoms with E-state index in [9.17, 15) is 14.7 Å². The van der Waals surface area contributed by atoms with Gasteiger partial charge in [0.25, 0.3) is 0 Å². The van der Waals surface area contributed by atoms with E-state index in [0.29, 0.717) is 19.4 Å². The standard InChI is InChI=1S/C33H53N3O6/c1-22-19-23(2)28(24(3)20-22)29-30(38)33(42-31(29)39)11-7-25(8-12-33)41-26-9-15-36(16-10-26)17-13-34-14-18-40-21-27(37)35-32(4,5)6/h19-20,25-26,29-30,34,38H,7-18,21H2,1-6H3,(H,35,37). The van der Waals surface area contributed by atoms with Gasteiger partial charge >= 0.3 is 5.97 Å². The van der Waals surface area contributed by atoms with Crippen molar-refractivity contribution in [2.24, 2.45) is 0 Å². The van der Waals surface area contributed by atoms with E-state index < -0.39 is 17.6 Å². The summed E-state index contributed by atoms with van der Waals surface area (Å²) in [6, 6.07) is 4.15. The zero-order chi connectivity index (χ0) is 30.5. The lowest BCUT2D eigenvalue weighted by atomic mass is 9.74. The van der Waals surface area contributed by atoms with Gasteiger partial charge in [-0.3, -0.25) is 9.59 Å². The number of nitrogens with one attached hydrogen (secondary N) is 2. The highest BCUT2D eigenvalue weighted by molar-refractivity contribution is 5.83. The zero-order valence-electron chi connectivity index (χ0n) is 26.6. The highest BCUT2D eigenvalue weighted by Gasteiger charge is 2.57. The number of piperidine rings is 1. The molecule has 0 aromatic heterocycles. The van der Waals surface area contributed by atoms with Gasteiger partial charge in [-0.05, 0) is 96.8 Å². The molecule has 2 unspecified atom stereocenters. The first-order chi connectivity index (χ1) is 19.9. The molecule has 3 aliphatic rings. The quantitative estimate of drug-likeness (QED) is 0.267. The number of carbonyl (C=O) groups is 2. The summed E-state index contributed by atoms with van der Waals surface area (Å²) in [5.41, 5.74) is 3.12. The molecule has 1 aromatic rings. The van der Waals surface area contributed by atoms with Gasteiger partial charge in [0.2, 0.25) is 5.91 Å². The molecule has 4 rings (SSSR count). The van der Waals surface area contributed by atoms with Crippen molar-refractivity contribution in [3.8, 4) is 0 Å². The molecule has 9 heteroatoms. The number of carbonyl (C=O) groups excluding carboxylic acids is 2. The van der Waals surface area contributed by atoms with Crippen LogP contribution in [-0.2, 0) is 23.8 Å². The molecular formula is C33H53N3O6. The third kappa shape index (κ3) is 8.53. The van der Waals surface area contributed by atoms with Gasteiger partial charge in [0, 0.05) is 38.3 Å². The molecule has 2 aliphatic heterocycles. The molecule has 2 heterocycles. The van der Waals surface area contributed by atoms with Gasteiger partial charge in [-0.1, -0.05) is 17.7 Å². The Bertz CT molecular complexity index is 1050. The molecule has 2 atom stereocenters. The van der Waals surface area contributed by atoms with Crippen molar-refractivity contribution in [2.75, 3.05) is 45.9 Å². The third-order valence-corrected chi connectivity index (χ3v) is 8.94. The summed E-state index contributed by atoms with van der Waals surface area (Å²) in [4.78, 5) is 27.3. The number of esters is 1. The summed E-state index contributed by atoms with van der Waals surface area (Å²) >= 11 is 0. The SMILES string of the molecule is Cc1cc(C)c(C2C(=O)OC3(CCC(OC4CCN(CCNCCOCC(=O)NC(C)(C)C)CC4)CC3)C2O)c(C)c1. The maximum absolute atomic E-state index is 13.0. The summed E-state index contributed by atoms with van der Waals surface area (Å²) in [5.74, 6) is -0.999. The maximum Gasteiger partial charge on any atom is 0.316 e. The van der Waals surface area contributed by atoms with E-state index in [2.05, 4.69) is 34.6 Å². The van der Waals surface area contributed by atoms with Crippen LogP contribution in [0, 0.1) is 20.8 Å². The highest BCUT2D eigenvalue weighted by atomic mass is 16.6. The molecule has 1 amide bonds. The number of likely N-dealkylation sites (tertiary alicyclic amines) is 1. The molecule has 2 saturated heterocycles. The Balaban J connectivity index is 1.11. The van der Waals surface area contributed by atoms with Crippen LogP contribution in [0.5, 0.6) is 0 Å². The van der Waals surface area contributed by atoms with E-state index in [0.717, 1.165) is 80.7 Å². The molecular weight excluding hydrogens is 534 g/mol. The van der Waals surface area contributed by atoms with Gasteiger partial charge < -0.3 is 34.9 Å². The average molecular weight is 588 g/mol. The summed E-state index contributed by atoms with van der Waals surface area (Å²) in [6.07, 6.45) is 4.47. The maximum atomic E-state index is 13.0. The molecule has 42 heavy (non-hydrogen) atoms. The van der Waals surface area contributed by atoms with Crippen molar-refractivity contribution in [3.05, 3.63) is 34.4 Å². The van der Waals surface area contributed by atoms with Gasteiger partial charge in [0.15, 0.2) is 0 Å². The minimum atomic E-state index is -0.831. The Morgan fingerprint density at radius 3 is 2.29 bits per heavy atom. The first-order valence-corrected chi connectivity index (χ1v) is 15.8. The third-order valence-electron chi connectivity index (χ3n) is 8.94. The average Bonchev–Trinajstić information content (AvgIpc) is 3.13. The lowest BCUT2D eigenvalue weighted by Crippen LogP contribution is -2.47. The molecule has 1 aliphatic carbocycles. The molecule has 3 N–H and O–H groups in total. The van der Waals surface area contributed by atoms with Gasteiger partial charge in [-0.25, -0.2) is 0 Å². The molecule has 0 radical (unpaired) electrons. The van der Waals surface area contributed by atoms with E-state index in [1.165, 1.54) is 0 Å². The topological polar surface area (TPSA) is 109 Å². The minimum absolute atomic E-state index is 0.0863. The predicted molar refractivity (Wildman–Crippen MR) is 163 cm³/mol. The number of hydrogen-bond acceptors (Lipinski definition) is 8. The largest absolute Gasteiger partial charge is 0.456 e. The van der Waals surface area contributed by atoms with Crippen LogP contribution in [-0.4, -0.2) is 97.3 Å². The van der Waals surface area contributed by atoms with E-state index in [1.807, 2.05) is 34.6 Å². The number of rotatable bonds is 11. The second-order valence-corrected chi connectivity index (χ2v) is 13.7. The van der Waals surface area contributed by atoms with Crippen LogP contribution < -0.4 is 10.6 Å². The van der Waals surface area contributed by atoms with Crippen molar-refractivity contribution in [1.82, 2.24) is 15.5 Å². The van der Waals surface area contributed by atoms with Crippen molar-refractivity contribution in [3.63, 3.8) is 0 Å². The Kier molecular flexibility index (Phi) is 11.1. The van der Waals surface area contributed by atoms with E-state index >= 15 is 0 Å². The Hall–Kier alpha value is -2.04. The minimum Gasteiger partial charge on any atom is -0.456 e.